The molecule has 1 unspecified atom stereocenters. The normalized spacial score (nSPS) is 20.6. The Bertz CT molecular complexity index is 404. The number of hydrogen-bond acceptors (Lipinski definition) is 4. The van der Waals surface area contributed by atoms with Crippen LogP contribution < -0.4 is 4.90 Å². The van der Waals surface area contributed by atoms with E-state index in [0.29, 0.717) is 13.0 Å². The minimum atomic E-state index is 0.136. The van der Waals surface area contributed by atoms with Crippen LogP contribution in [0.1, 0.15) is 6.42 Å². The first-order valence-electron chi connectivity index (χ1n) is 5.72. The average Bonchev–Trinajstić information content (AvgIpc) is 2.82. The van der Waals surface area contributed by atoms with Crippen LogP contribution in [0.25, 0.3) is 0 Å². The molecule has 1 amide bonds. The van der Waals surface area contributed by atoms with Crippen molar-refractivity contribution in [1.82, 2.24) is 14.7 Å². The van der Waals surface area contributed by atoms with E-state index in [1.807, 2.05) is 25.0 Å². The number of thiol groups is 1. The van der Waals surface area contributed by atoms with Crippen LogP contribution in [0.5, 0.6) is 0 Å². The van der Waals surface area contributed by atoms with E-state index >= 15 is 0 Å². The third kappa shape index (κ3) is 3.01. The molecule has 0 radical (unpaired) electrons. The average molecular weight is 254 g/mol. The molecule has 1 atom stereocenters. The Morgan fingerprint density at radius 3 is 2.94 bits per heavy atom. The maximum Gasteiger partial charge on any atom is 0.228 e. The number of hydrogen-bond donors (Lipinski definition) is 1. The predicted octanol–water partition coefficient (Wildman–Crippen LogP) is 0.480. The second-order valence-corrected chi connectivity index (χ2v) is 5.36. The molecule has 6 heteroatoms. The van der Waals surface area contributed by atoms with Crippen LogP contribution in [0.15, 0.2) is 12.4 Å². The molecule has 1 aromatic rings. The molecule has 2 heterocycles. The lowest BCUT2D eigenvalue weighted by molar-refractivity contribution is -0.117. The highest BCUT2D eigenvalue weighted by Gasteiger charge is 2.28. The van der Waals surface area contributed by atoms with Crippen LogP contribution in [0.3, 0.4) is 0 Å². The van der Waals surface area contributed by atoms with Crippen molar-refractivity contribution in [2.24, 2.45) is 0 Å². The number of anilines is 1. The highest BCUT2D eigenvalue weighted by Crippen LogP contribution is 2.23. The smallest absolute Gasteiger partial charge is 0.228 e. The van der Waals surface area contributed by atoms with E-state index in [2.05, 4.69) is 22.6 Å². The molecule has 0 saturated carbocycles. The van der Waals surface area contributed by atoms with Crippen molar-refractivity contribution in [3.8, 4) is 0 Å². The summed E-state index contributed by atoms with van der Waals surface area (Å²) in [5, 5.41) is 4.41. The number of aromatic nitrogens is 2. The highest BCUT2D eigenvalue weighted by molar-refractivity contribution is 7.81. The van der Waals surface area contributed by atoms with Gasteiger partial charge in [-0.15, -0.1) is 0 Å². The third-order valence-electron chi connectivity index (χ3n) is 2.81. The van der Waals surface area contributed by atoms with Gasteiger partial charge in [-0.2, -0.15) is 17.7 Å². The first-order valence-corrected chi connectivity index (χ1v) is 6.23. The van der Waals surface area contributed by atoms with Crippen LogP contribution in [0.4, 0.5) is 5.69 Å². The maximum atomic E-state index is 11.7. The Hall–Kier alpha value is -1.01. The molecular formula is C11H18N4OS. The second kappa shape index (κ2) is 5.10. The summed E-state index contributed by atoms with van der Waals surface area (Å²) in [6, 6.07) is 0. The summed E-state index contributed by atoms with van der Waals surface area (Å²) < 4.78 is 1.87. The zero-order valence-corrected chi connectivity index (χ0v) is 11.1. The van der Waals surface area contributed by atoms with Gasteiger partial charge in [-0.25, -0.2) is 0 Å². The SMILES string of the molecule is CN(C)CCn1cc(N2CC(S)CC2=O)cn1. The molecule has 5 nitrogen and oxygen atoms in total. The lowest BCUT2D eigenvalue weighted by Crippen LogP contribution is -2.24. The maximum absolute atomic E-state index is 11.7. The molecule has 1 fully saturated rings. The van der Waals surface area contributed by atoms with Gasteiger partial charge < -0.3 is 9.80 Å². The topological polar surface area (TPSA) is 41.4 Å². The molecule has 17 heavy (non-hydrogen) atoms. The summed E-state index contributed by atoms with van der Waals surface area (Å²) in [7, 11) is 4.06. The van der Waals surface area contributed by atoms with E-state index < -0.39 is 0 Å². The summed E-state index contributed by atoms with van der Waals surface area (Å²) >= 11 is 4.34. The monoisotopic (exact) mass is 254 g/mol. The molecule has 2 rings (SSSR count). The number of amides is 1. The lowest BCUT2D eigenvalue weighted by Gasteiger charge is -2.12. The Kier molecular flexibility index (Phi) is 3.73. The van der Waals surface area contributed by atoms with Gasteiger partial charge in [0.05, 0.1) is 18.4 Å². The van der Waals surface area contributed by atoms with E-state index in [0.717, 1.165) is 18.8 Å². The third-order valence-corrected chi connectivity index (χ3v) is 3.16. The fourth-order valence-corrected chi connectivity index (χ4v) is 2.17. The Balaban J connectivity index is 2.00. The molecule has 1 saturated heterocycles. The van der Waals surface area contributed by atoms with E-state index in [1.165, 1.54) is 0 Å². The van der Waals surface area contributed by atoms with Gasteiger partial charge in [0.15, 0.2) is 0 Å². The van der Waals surface area contributed by atoms with Crippen LogP contribution >= 0.6 is 12.6 Å². The van der Waals surface area contributed by atoms with Crippen LogP contribution in [0, 0.1) is 0 Å². The summed E-state index contributed by atoms with van der Waals surface area (Å²) in [6.45, 7) is 2.45. The zero-order valence-electron chi connectivity index (χ0n) is 10.2. The molecular weight excluding hydrogens is 236 g/mol. The van der Waals surface area contributed by atoms with Gasteiger partial charge in [0.1, 0.15) is 0 Å². The minimum absolute atomic E-state index is 0.136. The molecule has 94 valence electrons. The van der Waals surface area contributed by atoms with Gasteiger partial charge in [-0.1, -0.05) is 0 Å². The lowest BCUT2D eigenvalue weighted by atomic mass is 10.4. The molecule has 1 aromatic heterocycles. The first kappa shape index (κ1) is 12.4. The van der Waals surface area contributed by atoms with Crippen LogP contribution in [-0.2, 0) is 11.3 Å². The fraction of sp³-hybridized carbons (Fsp3) is 0.636. The standard InChI is InChI=1S/C11H18N4OS/c1-13(2)3-4-14-7-9(6-12-14)15-8-10(17)5-11(15)16/h6-7,10,17H,3-5,8H2,1-2H3. The van der Waals surface area contributed by atoms with Crippen molar-refractivity contribution in [1.29, 1.82) is 0 Å². The first-order chi connectivity index (χ1) is 8.06. The fourth-order valence-electron chi connectivity index (χ4n) is 1.86. The Morgan fingerprint density at radius 1 is 1.59 bits per heavy atom. The molecule has 0 aliphatic carbocycles. The van der Waals surface area contributed by atoms with Crippen molar-refractivity contribution >= 4 is 24.2 Å². The largest absolute Gasteiger partial charge is 0.308 e. The van der Waals surface area contributed by atoms with Crippen molar-refractivity contribution in [2.45, 2.75) is 18.2 Å². The number of nitrogens with zero attached hydrogens (tertiary/aromatic N) is 4. The Morgan fingerprint density at radius 2 is 2.35 bits per heavy atom. The van der Waals surface area contributed by atoms with E-state index in [-0.39, 0.29) is 11.2 Å². The van der Waals surface area contributed by atoms with Gasteiger partial charge in [-0.3, -0.25) is 9.48 Å². The molecule has 1 aliphatic rings. The highest BCUT2D eigenvalue weighted by atomic mass is 32.1. The van der Waals surface area contributed by atoms with Crippen LogP contribution in [0.2, 0.25) is 0 Å². The van der Waals surface area contributed by atoms with Crippen molar-refractivity contribution < 1.29 is 4.79 Å². The number of rotatable bonds is 4. The Labute approximate surface area is 107 Å². The molecule has 0 bridgehead atoms. The van der Waals surface area contributed by atoms with Crippen LogP contribution in [-0.4, -0.2) is 53.0 Å². The minimum Gasteiger partial charge on any atom is -0.308 e. The summed E-state index contributed by atoms with van der Waals surface area (Å²) in [4.78, 5) is 15.6. The number of carbonyl (C=O) groups excluding carboxylic acids is 1. The van der Waals surface area contributed by atoms with E-state index in [1.54, 1.807) is 11.1 Å². The molecule has 0 N–H and O–H groups in total. The second-order valence-electron chi connectivity index (χ2n) is 4.63. The van der Waals surface area contributed by atoms with E-state index in [9.17, 15) is 4.79 Å². The van der Waals surface area contributed by atoms with Crippen molar-refractivity contribution in [3.63, 3.8) is 0 Å². The quantitative estimate of drug-likeness (QED) is 0.795. The number of likely N-dealkylation sites (N-methyl/N-ethyl adjacent to an activating group) is 1. The van der Waals surface area contributed by atoms with Gasteiger partial charge in [0, 0.05) is 31.0 Å². The molecule has 0 spiro atoms. The van der Waals surface area contributed by atoms with Gasteiger partial charge in [-0.05, 0) is 14.1 Å². The van der Waals surface area contributed by atoms with E-state index in [4.69, 9.17) is 0 Å². The summed E-state index contributed by atoms with van der Waals surface area (Å²) in [5.74, 6) is 0.136. The number of carbonyl (C=O) groups is 1. The van der Waals surface area contributed by atoms with Gasteiger partial charge in [0.2, 0.25) is 5.91 Å². The summed E-state index contributed by atoms with van der Waals surface area (Å²) in [6.07, 6.45) is 4.19. The summed E-state index contributed by atoms with van der Waals surface area (Å²) in [5.41, 5.74) is 0.880. The van der Waals surface area contributed by atoms with Crippen molar-refractivity contribution in [3.05, 3.63) is 12.4 Å². The molecule has 0 aromatic carbocycles. The predicted molar refractivity (Wildman–Crippen MR) is 70.5 cm³/mol. The molecule has 1 aliphatic heterocycles. The zero-order chi connectivity index (χ0) is 12.4. The van der Waals surface area contributed by atoms with Gasteiger partial charge in [0.25, 0.3) is 0 Å². The van der Waals surface area contributed by atoms with Gasteiger partial charge >= 0.3 is 0 Å². The van der Waals surface area contributed by atoms with Crippen molar-refractivity contribution in [2.75, 3.05) is 32.1 Å².